The summed E-state index contributed by atoms with van der Waals surface area (Å²) in [5.41, 5.74) is 4.54. The van der Waals surface area contributed by atoms with Crippen molar-refractivity contribution in [1.29, 1.82) is 0 Å². The van der Waals surface area contributed by atoms with E-state index < -0.39 is 0 Å². The number of amides is 1. The molecule has 5 heteroatoms. The Morgan fingerprint density at radius 3 is 2.60 bits per heavy atom. The van der Waals surface area contributed by atoms with Crippen molar-refractivity contribution in [3.8, 4) is 11.4 Å². The third-order valence-electron chi connectivity index (χ3n) is 4.20. The van der Waals surface area contributed by atoms with Gasteiger partial charge >= 0.3 is 0 Å². The van der Waals surface area contributed by atoms with E-state index in [0.29, 0.717) is 17.9 Å². The van der Waals surface area contributed by atoms with Crippen molar-refractivity contribution in [3.63, 3.8) is 0 Å². The zero-order chi connectivity index (χ0) is 17.8. The largest absolute Gasteiger partial charge is 0.497 e. The van der Waals surface area contributed by atoms with E-state index in [4.69, 9.17) is 4.74 Å². The minimum absolute atomic E-state index is 0.134. The minimum atomic E-state index is -0.134. The lowest BCUT2D eigenvalue weighted by atomic mass is 10.1. The molecule has 0 aliphatic carbocycles. The van der Waals surface area contributed by atoms with Gasteiger partial charge in [-0.3, -0.25) is 4.79 Å². The van der Waals surface area contributed by atoms with Gasteiger partial charge in [0.1, 0.15) is 5.75 Å². The Hall–Kier alpha value is -3.08. The van der Waals surface area contributed by atoms with Crippen LogP contribution in [-0.2, 0) is 6.54 Å². The molecule has 0 bridgehead atoms. The van der Waals surface area contributed by atoms with Crippen molar-refractivity contribution < 1.29 is 9.53 Å². The first-order valence-electron chi connectivity index (χ1n) is 8.13. The van der Waals surface area contributed by atoms with Crippen molar-refractivity contribution in [2.45, 2.75) is 20.4 Å². The highest BCUT2D eigenvalue weighted by Gasteiger charge is 2.14. The summed E-state index contributed by atoms with van der Waals surface area (Å²) in [6.45, 7) is 4.40. The number of aromatic nitrogens is 2. The summed E-state index contributed by atoms with van der Waals surface area (Å²) < 4.78 is 7.07. The fourth-order valence-corrected chi connectivity index (χ4v) is 2.79. The molecule has 0 saturated heterocycles. The van der Waals surface area contributed by atoms with E-state index in [0.717, 1.165) is 22.6 Å². The van der Waals surface area contributed by atoms with Crippen molar-refractivity contribution >= 4 is 5.91 Å². The lowest BCUT2D eigenvalue weighted by Crippen LogP contribution is -2.23. The molecule has 3 rings (SSSR count). The first kappa shape index (κ1) is 16.8. The van der Waals surface area contributed by atoms with Gasteiger partial charge in [0.2, 0.25) is 0 Å². The molecule has 0 unspecified atom stereocenters. The van der Waals surface area contributed by atoms with Crippen LogP contribution in [0.4, 0.5) is 0 Å². The van der Waals surface area contributed by atoms with Gasteiger partial charge in [-0.15, -0.1) is 0 Å². The lowest BCUT2D eigenvalue weighted by Gasteiger charge is -2.08. The molecular weight excluding hydrogens is 314 g/mol. The normalized spacial score (nSPS) is 10.5. The van der Waals surface area contributed by atoms with E-state index in [1.807, 2.05) is 54.9 Å². The Morgan fingerprint density at radius 2 is 1.88 bits per heavy atom. The lowest BCUT2D eigenvalue weighted by molar-refractivity contribution is 0.0950. The van der Waals surface area contributed by atoms with Crippen LogP contribution in [0.25, 0.3) is 5.69 Å². The van der Waals surface area contributed by atoms with Crippen LogP contribution in [0, 0.1) is 13.8 Å². The Bertz CT molecular complexity index is 885. The van der Waals surface area contributed by atoms with E-state index in [2.05, 4.69) is 10.4 Å². The molecule has 0 spiro atoms. The smallest absolute Gasteiger partial charge is 0.251 e. The van der Waals surface area contributed by atoms with Crippen LogP contribution in [0.5, 0.6) is 5.75 Å². The van der Waals surface area contributed by atoms with Crippen molar-refractivity contribution in [1.82, 2.24) is 15.1 Å². The average molecular weight is 335 g/mol. The summed E-state index contributed by atoms with van der Waals surface area (Å²) in [5.74, 6) is 0.530. The molecule has 0 aliphatic heterocycles. The topological polar surface area (TPSA) is 56.1 Å². The van der Waals surface area contributed by atoms with Crippen LogP contribution in [-0.4, -0.2) is 22.8 Å². The van der Waals surface area contributed by atoms with Crippen LogP contribution in [0.2, 0.25) is 0 Å². The number of nitrogens with zero attached hydrogens (tertiary/aromatic N) is 2. The highest BCUT2D eigenvalue weighted by Crippen LogP contribution is 2.18. The molecule has 3 aromatic rings. The van der Waals surface area contributed by atoms with Gasteiger partial charge < -0.3 is 10.1 Å². The number of nitrogens with one attached hydrogen (secondary N) is 1. The molecule has 128 valence electrons. The van der Waals surface area contributed by atoms with Gasteiger partial charge in [0.05, 0.1) is 18.5 Å². The predicted octanol–water partition coefficient (Wildman–Crippen LogP) is 3.43. The molecule has 1 heterocycles. The summed E-state index contributed by atoms with van der Waals surface area (Å²) in [7, 11) is 1.59. The maximum Gasteiger partial charge on any atom is 0.251 e. The number of methoxy groups -OCH3 is 1. The number of ether oxygens (including phenoxy) is 1. The first-order valence-corrected chi connectivity index (χ1v) is 8.13. The molecule has 1 amide bonds. The van der Waals surface area contributed by atoms with Gasteiger partial charge in [-0.1, -0.05) is 24.3 Å². The molecule has 0 radical (unpaired) electrons. The molecule has 2 aromatic carbocycles. The number of rotatable bonds is 5. The van der Waals surface area contributed by atoms with Crippen LogP contribution >= 0.6 is 0 Å². The number of benzene rings is 2. The van der Waals surface area contributed by atoms with Gasteiger partial charge in [0, 0.05) is 23.4 Å². The van der Waals surface area contributed by atoms with Crippen LogP contribution in [0.15, 0.2) is 54.6 Å². The van der Waals surface area contributed by atoms with E-state index in [1.54, 1.807) is 25.3 Å². The van der Waals surface area contributed by atoms with Crippen LogP contribution < -0.4 is 10.1 Å². The third kappa shape index (κ3) is 3.55. The van der Waals surface area contributed by atoms with Gasteiger partial charge in [-0.2, -0.15) is 5.10 Å². The van der Waals surface area contributed by atoms with Gasteiger partial charge in [0.25, 0.3) is 5.91 Å². The Balaban J connectivity index is 1.77. The predicted molar refractivity (Wildman–Crippen MR) is 97.2 cm³/mol. The maximum atomic E-state index is 12.4. The van der Waals surface area contributed by atoms with E-state index in [9.17, 15) is 4.79 Å². The molecule has 1 N–H and O–H groups in total. The van der Waals surface area contributed by atoms with E-state index >= 15 is 0 Å². The Labute approximate surface area is 147 Å². The number of aryl methyl sites for hydroxylation is 1. The first-order chi connectivity index (χ1) is 12.1. The van der Waals surface area contributed by atoms with E-state index in [-0.39, 0.29) is 5.91 Å². The zero-order valence-corrected chi connectivity index (χ0v) is 14.6. The quantitative estimate of drug-likeness (QED) is 0.777. The van der Waals surface area contributed by atoms with Gasteiger partial charge in [-0.25, -0.2) is 4.68 Å². The summed E-state index contributed by atoms with van der Waals surface area (Å²) in [6, 6.07) is 17.1. The third-order valence-corrected chi connectivity index (χ3v) is 4.20. The van der Waals surface area contributed by atoms with E-state index in [1.165, 1.54) is 0 Å². The number of hydrogen-bond donors (Lipinski definition) is 1. The zero-order valence-electron chi connectivity index (χ0n) is 14.6. The molecule has 5 nitrogen and oxygen atoms in total. The minimum Gasteiger partial charge on any atom is -0.497 e. The number of hydrogen-bond acceptors (Lipinski definition) is 3. The summed E-state index contributed by atoms with van der Waals surface area (Å²) >= 11 is 0. The van der Waals surface area contributed by atoms with Crippen molar-refractivity contribution in [2.24, 2.45) is 0 Å². The average Bonchev–Trinajstić information content (AvgIpc) is 2.94. The summed E-state index contributed by atoms with van der Waals surface area (Å²) in [6.07, 6.45) is 0. The fraction of sp³-hybridized carbons (Fsp3) is 0.200. The SMILES string of the molecule is COc1cccc(C(=O)NCc2c(C)nn(-c3ccccc3)c2C)c1. The number of carbonyl (C=O) groups excluding carboxylic acids is 1. The second kappa shape index (κ2) is 7.21. The second-order valence-electron chi connectivity index (χ2n) is 5.81. The Morgan fingerprint density at radius 1 is 1.12 bits per heavy atom. The highest BCUT2D eigenvalue weighted by atomic mass is 16.5. The fourth-order valence-electron chi connectivity index (χ4n) is 2.79. The Kier molecular flexibility index (Phi) is 4.84. The van der Waals surface area contributed by atoms with Crippen LogP contribution in [0.3, 0.4) is 0 Å². The van der Waals surface area contributed by atoms with Crippen LogP contribution in [0.1, 0.15) is 27.3 Å². The van der Waals surface area contributed by atoms with Gasteiger partial charge in [-0.05, 0) is 44.2 Å². The number of para-hydroxylation sites is 1. The van der Waals surface area contributed by atoms with Crippen molar-refractivity contribution in [3.05, 3.63) is 77.1 Å². The summed E-state index contributed by atoms with van der Waals surface area (Å²) in [5, 5.41) is 7.57. The molecule has 25 heavy (non-hydrogen) atoms. The molecule has 1 aromatic heterocycles. The molecule has 0 atom stereocenters. The highest BCUT2D eigenvalue weighted by molar-refractivity contribution is 5.94. The molecule has 0 fully saturated rings. The second-order valence-corrected chi connectivity index (χ2v) is 5.81. The maximum absolute atomic E-state index is 12.4. The number of carbonyl (C=O) groups is 1. The standard InChI is InChI=1S/C20H21N3O2/c1-14-19(15(2)23(22-14)17-9-5-4-6-10-17)13-21-20(24)16-8-7-11-18(12-16)25-3/h4-12H,13H2,1-3H3,(H,21,24). The molecule has 0 aliphatic rings. The summed E-state index contributed by atoms with van der Waals surface area (Å²) in [4.78, 5) is 12.4. The molecular formula is C20H21N3O2. The van der Waals surface area contributed by atoms with Crippen molar-refractivity contribution in [2.75, 3.05) is 7.11 Å². The monoisotopic (exact) mass is 335 g/mol. The van der Waals surface area contributed by atoms with Gasteiger partial charge in [0.15, 0.2) is 0 Å². The molecule has 0 saturated carbocycles.